The first kappa shape index (κ1) is 13.4. The predicted molar refractivity (Wildman–Crippen MR) is 71.2 cm³/mol. The second-order valence-corrected chi connectivity index (χ2v) is 3.59. The fourth-order valence-corrected chi connectivity index (χ4v) is 1.34. The van der Waals surface area contributed by atoms with Crippen molar-refractivity contribution in [2.75, 3.05) is 11.5 Å². The number of anilines is 2. The highest BCUT2D eigenvalue weighted by molar-refractivity contribution is 5.69. The second-order valence-electron chi connectivity index (χ2n) is 3.59. The van der Waals surface area contributed by atoms with Gasteiger partial charge < -0.3 is 21.6 Å². The van der Waals surface area contributed by atoms with Crippen LogP contribution in [0.15, 0.2) is 29.6 Å². The molecule has 0 saturated heterocycles. The van der Waals surface area contributed by atoms with Gasteiger partial charge in [0, 0.05) is 6.20 Å². The lowest BCUT2D eigenvalue weighted by molar-refractivity contribution is 0.206. The first-order valence-electron chi connectivity index (χ1n) is 5.45. The van der Waals surface area contributed by atoms with E-state index in [1.165, 1.54) is 12.3 Å². The summed E-state index contributed by atoms with van der Waals surface area (Å²) in [7, 11) is 0. The van der Waals surface area contributed by atoms with Crippen molar-refractivity contribution in [2.24, 2.45) is 0 Å². The predicted octanol–water partition coefficient (Wildman–Crippen LogP) is -1.29. The van der Waals surface area contributed by atoms with Gasteiger partial charge in [-0.15, -0.1) is 0 Å². The number of nitrogens with two attached hydrogens (primary N) is 2. The number of rotatable bonds is 1. The molecule has 0 amide bonds. The van der Waals surface area contributed by atoms with Gasteiger partial charge in [-0.2, -0.15) is 4.98 Å². The van der Waals surface area contributed by atoms with Crippen molar-refractivity contribution in [1.82, 2.24) is 29.5 Å². The quantitative estimate of drug-likeness (QED) is 0.426. The highest BCUT2D eigenvalue weighted by Crippen LogP contribution is 2.03. The normalized spacial score (nSPS) is 10.1. The molecule has 10 nitrogen and oxygen atoms in total. The van der Waals surface area contributed by atoms with Gasteiger partial charge in [0.15, 0.2) is 5.65 Å². The van der Waals surface area contributed by atoms with Crippen LogP contribution in [-0.4, -0.2) is 34.6 Å². The Morgan fingerprint density at radius 2 is 2.10 bits per heavy atom. The largest absolute Gasteiger partial charge is 0.385 e. The molecule has 0 bridgehead atoms. The number of nitrogens with zero attached hydrogens (tertiary/aromatic N) is 5. The Balaban J connectivity index is 0.000000147. The van der Waals surface area contributed by atoms with E-state index in [-0.39, 0.29) is 11.8 Å². The number of aromatic amines is 1. The van der Waals surface area contributed by atoms with Crippen LogP contribution in [0.4, 0.5) is 11.8 Å². The number of fused-ring (bicyclic) bond motifs is 1. The van der Waals surface area contributed by atoms with Crippen molar-refractivity contribution in [3.05, 3.63) is 35.3 Å². The van der Waals surface area contributed by atoms with Gasteiger partial charge in [0.25, 0.3) is 0 Å². The van der Waals surface area contributed by atoms with E-state index in [9.17, 15) is 4.79 Å². The summed E-state index contributed by atoms with van der Waals surface area (Å²) in [4.78, 5) is 28.4. The molecule has 3 rings (SSSR count). The summed E-state index contributed by atoms with van der Waals surface area (Å²) < 4.78 is 0.958. The SMILES string of the molecule is Nc1ccnc(=O)n1CO.Nc1ncc2[nH]cnc2n1. The number of nitrogen functional groups attached to an aromatic ring is 2. The van der Waals surface area contributed by atoms with E-state index in [4.69, 9.17) is 16.6 Å². The topological polar surface area (TPSA) is 162 Å². The molecule has 3 aromatic heterocycles. The molecule has 0 unspecified atom stereocenters. The van der Waals surface area contributed by atoms with Gasteiger partial charge in [0.2, 0.25) is 5.95 Å². The van der Waals surface area contributed by atoms with E-state index in [1.807, 2.05) is 0 Å². The van der Waals surface area contributed by atoms with Crippen molar-refractivity contribution < 1.29 is 5.11 Å². The highest BCUT2D eigenvalue weighted by atomic mass is 16.3. The van der Waals surface area contributed by atoms with Gasteiger partial charge in [-0.05, 0) is 6.07 Å². The summed E-state index contributed by atoms with van der Waals surface area (Å²) in [5.41, 5.74) is 11.5. The van der Waals surface area contributed by atoms with Crippen molar-refractivity contribution in [2.45, 2.75) is 6.73 Å². The van der Waals surface area contributed by atoms with Crippen LogP contribution in [0.3, 0.4) is 0 Å². The lowest BCUT2D eigenvalue weighted by Gasteiger charge is -2.01. The Morgan fingerprint density at radius 3 is 2.75 bits per heavy atom. The number of imidazole rings is 1. The maximum atomic E-state index is 10.7. The lowest BCUT2D eigenvalue weighted by atomic mass is 10.6. The molecule has 0 atom stereocenters. The number of hydrogen-bond acceptors (Lipinski definition) is 8. The molecule has 10 heteroatoms. The van der Waals surface area contributed by atoms with Crippen LogP contribution in [0, 0.1) is 0 Å². The second kappa shape index (κ2) is 5.75. The number of aliphatic hydroxyl groups is 1. The molecule has 0 aliphatic carbocycles. The third-order valence-corrected chi connectivity index (χ3v) is 2.31. The van der Waals surface area contributed by atoms with Crippen molar-refractivity contribution in [1.29, 1.82) is 0 Å². The molecular formula is C10H12N8O2. The molecule has 6 N–H and O–H groups in total. The van der Waals surface area contributed by atoms with E-state index in [1.54, 1.807) is 12.5 Å². The molecule has 3 aromatic rings. The third-order valence-electron chi connectivity index (χ3n) is 2.31. The zero-order valence-corrected chi connectivity index (χ0v) is 10.3. The number of nitrogens with one attached hydrogen (secondary N) is 1. The summed E-state index contributed by atoms with van der Waals surface area (Å²) in [6.45, 7) is -0.432. The van der Waals surface area contributed by atoms with Crippen LogP contribution < -0.4 is 17.2 Å². The Hall–Kier alpha value is -3.01. The van der Waals surface area contributed by atoms with E-state index in [0.717, 1.165) is 10.1 Å². The van der Waals surface area contributed by atoms with Gasteiger partial charge in [0.05, 0.1) is 12.5 Å². The lowest BCUT2D eigenvalue weighted by Crippen LogP contribution is -2.24. The maximum Gasteiger partial charge on any atom is 0.351 e. The molecule has 0 fully saturated rings. The van der Waals surface area contributed by atoms with Crippen LogP contribution in [0.5, 0.6) is 0 Å². The Labute approximate surface area is 112 Å². The summed E-state index contributed by atoms with van der Waals surface area (Å²) >= 11 is 0. The van der Waals surface area contributed by atoms with Gasteiger partial charge >= 0.3 is 5.69 Å². The summed E-state index contributed by atoms with van der Waals surface area (Å²) in [5.74, 6) is 0.460. The Bertz CT molecular complexity index is 765. The standard InChI is InChI=1S/C5H5N5.C5H7N3O2/c6-5-7-1-3-4(10-5)9-2-8-3;6-4-1-2-7-5(10)8(4)3-9/h1-2H,(H3,6,7,8,9,10);1-2,9H,3,6H2. The third kappa shape index (κ3) is 2.87. The fraction of sp³-hybridized carbons (Fsp3) is 0.100. The highest BCUT2D eigenvalue weighted by Gasteiger charge is 1.96. The maximum absolute atomic E-state index is 10.7. The molecule has 0 spiro atoms. The van der Waals surface area contributed by atoms with E-state index in [2.05, 4.69) is 24.9 Å². The zero-order valence-electron chi connectivity index (χ0n) is 10.3. The van der Waals surface area contributed by atoms with Gasteiger partial charge in [0.1, 0.15) is 18.1 Å². The first-order chi connectivity index (χ1) is 9.61. The number of hydrogen-bond donors (Lipinski definition) is 4. The number of aromatic nitrogens is 6. The molecule has 0 aromatic carbocycles. The molecular weight excluding hydrogens is 264 g/mol. The number of H-pyrrole nitrogens is 1. The summed E-state index contributed by atoms with van der Waals surface area (Å²) in [5, 5.41) is 8.54. The summed E-state index contributed by atoms with van der Waals surface area (Å²) in [6, 6.07) is 1.44. The fourth-order valence-electron chi connectivity index (χ4n) is 1.34. The minimum atomic E-state index is -0.539. The minimum Gasteiger partial charge on any atom is -0.385 e. The minimum absolute atomic E-state index is 0.211. The van der Waals surface area contributed by atoms with Crippen LogP contribution in [0.1, 0.15) is 0 Å². The molecule has 0 aliphatic heterocycles. The van der Waals surface area contributed by atoms with E-state index in [0.29, 0.717) is 5.65 Å². The average Bonchev–Trinajstić information content (AvgIpc) is 2.87. The first-order valence-corrected chi connectivity index (χ1v) is 5.45. The smallest absolute Gasteiger partial charge is 0.351 e. The van der Waals surface area contributed by atoms with Crippen molar-refractivity contribution >= 4 is 22.9 Å². The van der Waals surface area contributed by atoms with Crippen LogP contribution >= 0.6 is 0 Å². The Kier molecular flexibility index (Phi) is 3.86. The molecule has 0 saturated carbocycles. The Morgan fingerprint density at radius 1 is 1.30 bits per heavy atom. The monoisotopic (exact) mass is 276 g/mol. The molecule has 104 valence electrons. The summed E-state index contributed by atoms with van der Waals surface area (Å²) in [6.07, 6.45) is 4.45. The van der Waals surface area contributed by atoms with E-state index >= 15 is 0 Å². The number of aliphatic hydroxyl groups excluding tert-OH is 1. The van der Waals surface area contributed by atoms with E-state index < -0.39 is 12.4 Å². The molecule has 0 aliphatic rings. The van der Waals surface area contributed by atoms with Crippen molar-refractivity contribution in [3.63, 3.8) is 0 Å². The molecule has 20 heavy (non-hydrogen) atoms. The van der Waals surface area contributed by atoms with Gasteiger partial charge in [-0.1, -0.05) is 0 Å². The van der Waals surface area contributed by atoms with Crippen molar-refractivity contribution in [3.8, 4) is 0 Å². The van der Waals surface area contributed by atoms with Gasteiger partial charge in [-0.3, -0.25) is 4.57 Å². The zero-order chi connectivity index (χ0) is 14.5. The van der Waals surface area contributed by atoms with Gasteiger partial charge in [-0.25, -0.2) is 19.7 Å². The van der Waals surface area contributed by atoms with Crippen LogP contribution in [0.2, 0.25) is 0 Å². The molecule has 3 heterocycles. The van der Waals surface area contributed by atoms with Crippen LogP contribution in [0.25, 0.3) is 11.2 Å². The van der Waals surface area contributed by atoms with Crippen LogP contribution in [-0.2, 0) is 6.73 Å². The average molecular weight is 276 g/mol. The molecule has 0 radical (unpaired) electrons.